The van der Waals surface area contributed by atoms with E-state index in [0.717, 1.165) is 11.1 Å². The van der Waals surface area contributed by atoms with Gasteiger partial charge in [-0.3, -0.25) is 0 Å². The van der Waals surface area contributed by atoms with Crippen molar-refractivity contribution in [2.75, 3.05) is 26.4 Å². The van der Waals surface area contributed by atoms with E-state index < -0.39 is 0 Å². The minimum Gasteiger partial charge on any atom is -0.475 e. The van der Waals surface area contributed by atoms with Crippen molar-refractivity contribution in [3.05, 3.63) is 47.3 Å². The first kappa shape index (κ1) is 18.7. The molecule has 4 rings (SSSR count). The molecule has 1 aliphatic carbocycles. The number of aromatic nitrogens is 2. The maximum atomic E-state index is 5.83. The Hall–Kier alpha value is -2.62. The molecule has 2 fully saturated rings. The first-order chi connectivity index (χ1) is 13.7. The zero-order chi connectivity index (χ0) is 19.2. The molecule has 28 heavy (non-hydrogen) atoms. The minimum atomic E-state index is -0.0741. The average molecular weight is 380 g/mol. The first-order valence-electron chi connectivity index (χ1n) is 9.66. The van der Waals surface area contributed by atoms with Crippen molar-refractivity contribution in [3.8, 4) is 23.6 Å². The van der Waals surface area contributed by atoms with E-state index in [0.29, 0.717) is 56.5 Å². The first-order valence-corrected chi connectivity index (χ1v) is 9.66. The van der Waals surface area contributed by atoms with Crippen LogP contribution in [0.15, 0.2) is 30.3 Å². The largest absolute Gasteiger partial charge is 0.475 e. The van der Waals surface area contributed by atoms with Gasteiger partial charge in [-0.2, -0.15) is 9.97 Å². The summed E-state index contributed by atoms with van der Waals surface area (Å²) in [6.45, 7) is 4.39. The molecule has 6 nitrogen and oxygen atoms in total. The quantitative estimate of drug-likeness (QED) is 0.718. The van der Waals surface area contributed by atoms with Crippen LogP contribution in [0.25, 0.3) is 0 Å². The van der Waals surface area contributed by atoms with Gasteiger partial charge in [0.25, 0.3) is 0 Å². The third kappa shape index (κ3) is 5.69. The Labute approximate surface area is 165 Å². The highest BCUT2D eigenvalue weighted by molar-refractivity contribution is 5.37. The number of benzene rings is 1. The van der Waals surface area contributed by atoms with Crippen LogP contribution in [-0.4, -0.2) is 42.5 Å². The van der Waals surface area contributed by atoms with Gasteiger partial charge in [0.15, 0.2) is 0 Å². The lowest BCUT2D eigenvalue weighted by molar-refractivity contribution is -0.102. The van der Waals surface area contributed by atoms with Gasteiger partial charge in [-0.05, 0) is 37.5 Å². The van der Waals surface area contributed by atoms with E-state index in [1.807, 2.05) is 31.2 Å². The summed E-state index contributed by atoms with van der Waals surface area (Å²) in [5.41, 5.74) is 2.10. The second-order valence-electron chi connectivity index (χ2n) is 7.00. The molecule has 1 saturated heterocycles. The van der Waals surface area contributed by atoms with Crippen LogP contribution in [0.3, 0.4) is 0 Å². The SMILES string of the molecule is Cc1nc(OCc2ccc(C#CC3CC3)cc2)cc(OC[C@H]2COCCO2)n1. The van der Waals surface area contributed by atoms with E-state index in [1.54, 1.807) is 6.07 Å². The van der Waals surface area contributed by atoms with Crippen LogP contribution in [0.1, 0.15) is 29.8 Å². The summed E-state index contributed by atoms with van der Waals surface area (Å²) >= 11 is 0. The summed E-state index contributed by atoms with van der Waals surface area (Å²) in [7, 11) is 0. The van der Waals surface area contributed by atoms with Crippen LogP contribution in [0.5, 0.6) is 11.8 Å². The van der Waals surface area contributed by atoms with Gasteiger partial charge >= 0.3 is 0 Å². The predicted molar refractivity (Wildman–Crippen MR) is 103 cm³/mol. The lowest BCUT2D eigenvalue weighted by Crippen LogP contribution is -2.33. The van der Waals surface area contributed by atoms with E-state index in [2.05, 4.69) is 21.8 Å². The molecule has 0 N–H and O–H groups in total. The Morgan fingerprint density at radius 1 is 1.07 bits per heavy atom. The summed E-state index contributed by atoms with van der Waals surface area (Å²) in [6, 6.07) is 9.82. The van der Waals surface area contributed by atoms with Gasteiger partial charge in [-0.25, -0.2) is 0 Å². The molecule has 0 bridgehead atoms. The topological polar surface area (TPSA) is 62.7 Å². The van der Waals surface area contributed by atoms with Crippen molar-refractivity contribution in [3.63, 3.8) is 0 Å². The summed E-state index contributed by atoms with van der Waals surface area (Å²) in [5.74, 6) is 8.65. The van der Waals surface area contributed by atoms with Crippen LogP contribution in [0.4, 0.5) is 0 Å². The van der Waals surface area contributed by atoms with Crippen molar-refractivity contribution in [1.29, 1.82) is 0 Å². The number of aryl methyl sites for hydroxylation is 1. The minimum absolute atomic E-state index is 0.0741. The van der Waals surface area contributed by atoms with Crippen molar-refractivity contribution in [2.24, 2.45) is 5.92 Å². The van der Waals surface area contributed by atoms with E-state index in [-0.39, 0.29) is 6.10 Å². The molecule has 0 spiro atoms. The Morgan fingerprint density at radius 3 is 2.57 bits per heavy atom. The molecule has 1 aromatic heterocycles. The fraction of sp³-hybridized carbons (Fsp3) is 0.455. The summed E-state index contributed by atoms with van der Waals surface area (Å²) < 4.78 is 22.5. The Kier molecular flexibility index (Phi) is 6.05. The smallest absolute Gasteiger partial charge is 0.220 e. The van der Waals surface area contributed by atoms with Gasteiger partial charge in [0.1, 0.15) is 25.1 Å². The van der Waals surface area contributed by atoms with E-state index in [9.17, 15) is 0 Å². The number of hydrogen-bond acceptors (Lipinski definition) is 6. The van der Waals surface area contributed by atoms with Gasteiger partial charge in [0.2, 0.25) is 11.8 Å². The van der Waals surface area contributed by atoms with Crippen LogP contribution >= 0.6 is 0 Å². The molecule has 2 aliphatic rings. The molecule has 0 unspecified atom stereocenters. The molecule has 146 valence electrons. The monoisotopic (exact) mass is 380 g/mol. The van der Waals surface area contributed by atoms with E-state index in [1.165, 1.54) is 12.8 Å². The Balaban J connectivity index is 1.31. The highest BCUT2D eigenvalue weighted by Gasteiger charge is 2.17. The summed E-state index contributed by atoms with van der Waals surface area (Å²) in [6.07, 6.45) is 2.41. The number of hydrogen-bond donors (Lipinski definition) is 0. The maximum absolute atomic E-state index is 5.83. The lowest BCUT2D eigenvalue weighted by Gasteiger charge is -2.22. The molecule has 1 atom stereocenters. The second kappa shape index (κ2) is 9.05. The highest BCUT2D eigenvalue weighted by Crippen LogP contribution is 2.27. The Bertz CT molecular complexity index is 847. The van der Waals surface area contributed by atoms with E-state index >= 15 is 0 Å². The molecule has 1 saturated carbocycles. The lowest BCUT2D eigenvalue weighted by atomic mass is 10.1. The Morgan fingerprint density at radius 2 is 1.86 bits per heavy atom. The third-order valence-corrected chi connectivity index (χ3v) is 4.43. The number of ether oxygens (including phenoxy) is 4. The van der Waals surface area contributed by atoms with Gasteiger partial charge in [0.05, 0.1) is 25.9 Å². The van der Waals surface area contributed by atoms with Gasteiger partial charge in [-0.1, -0.05) is 24.0 Å². The van der Waals surface area contributed by atoms with Crippen LogP contribution in [0.2, 0.25) is 0 Å². The van der Waals surface area contributed by atoms with Crippen molar-refractivity contribution in [2.45, 2.75) is 32.5 Å². The highest BCUT2D eigenvalue weighted by atomic mass is 16.6. The third-order valence-electron chi connectivity index (χ3n) is 4.43. The number of rotatable bonds is 6. The zero-order valence-corrected chi connectivity index (χ0v) is 16.0. The van der Waals surface area contributed by atoms with Crippen molar-refractivity contribution < 1.29 is 18.9 Å². The average Bonchev–Trinajstić information content (AvgIpc) is 3.55. The fourth-order valence-corrected chi connectivity index (χ4v) is 2.73. The molecule has 6 heteroatoms. The number of nitrogens with zero attached hydrogens (tertiary/aromatic N) is 2. The predicted octanol–water partition coefficient (Wildman–Crippen LogP) is 2.92. The van der Waals surface area contributed by atoms with Crippen molar-refractivity contribution >= 4 is 0 Å². The van der Waals surface area contributed by atoms with Crippen molar-refractivity contribution in [1.82, 2.24) is 9.97 Å². The second-order valence-corrected chi connectivity index (χ2v) is 7.00. The molecule has 1 aliphatic heterocycles. The fourth-order valence-electron chi connectivity index (χ4n) is 2.73. The van der Waals surface area contributed by atoms with E-state index in [4.69, 9.17) is 18.9 Å². The van der Waals surface area contributed by atoms with Gasteiger partial charge in [0, 0.05) is 11.5 Å². The zero-order valence-electron chi connectivity index (χ0n) is 16.0. The molecule has 2 aromatic rings. The normalized spacial score (nSPS) is 18.8. The molecule has 0 radical (unpaired) electrons. The molecule has 2 heterocycles. The van der Waals surface area contributed by atoms with Crippen LogP contribution in [-0.2, 0) is 16.1 Å². The van der Waals surface area contributed by atoms with Gasteiger partial charge < -0.3 is 18.9 Å². The molecular weight excluding hydrogens is 356 g/mol. The molecular formula is C22H24N2O4. The maximum Gasteiger partial charge on any atom is 0.220 e. The van der Waals surface area contributed by atoms with Crippen LogP contribution < -0.4 is 9.47 Å². The van der Waals surface area contributed by atoms with Gasteiger partial charge in [-0.15, -0.1) is 0 Å². The van der Waals surface area contributed by atoms with Crippen LogP contribution in [0, 0.1) is 24.7 Å². The summed E-state index contributed by atoms with van der Waals surface area (Å²) in [4.78, 5) is 8.63. The summed E-state index contributed by atoms with van der Waals surface area (Å²) in [5, 5.41) is 0. The standard InChI is InChI=1S/C22H24N2O4/c1-16-23-21(12-22(24-16)28-15-20-14-25-10-11-26-20)27-13-19-8-6-18(7-9-19)5-4-17-2-3-17/h6-9,12,17,20H,2-3,10-11,13-15H2,1H3/t20-/m1/s1. The molecule has 1 aromatic carbocycles. The molecule has 0 amide bonds.